The average molecular weight is 441 g/mol. The Bertz CT molecular complexity index is 972. The first-order chi connectivity index (χ1) is 15.5. The molecule has 2 unspecified atom stereocenters. The number of methoxy groups -OCH3 is 2. The zero-order chi connectivity index (χ0) is 22.7. The number of benzene rings is 2. The van der Waals surface area contributed by atoms with Gasteiger partial charge in [0.25, 0.3) is 5.91 Å². The zero-order valence-corrected chi connectivity index (χ0v) is 18.6. The number of halogens is 1. The van der Waals surface area contributed by atoms with Crippen molar-refractivity contribution < 1.29 is 23.5 Å². The van der Waals surface area contributed by atoms with E-state index in [1.165, 1.54) is 24.3 Å². The first kappa shape index (κ1) is 22.1. The third-order valence-electron chi connectivity index (χ3n) is 6.52. The van der Waals surface area contributed by atoms with Crippen LogP contribution in [-0.2, 0) is 4.79 Å². The highest BCUT2D eigenvalue weighted by atomic mass is 19.1. The summed E-state index contributed by atoms with van der Waals surface area (Å²) in [6.45, 7) is 2.20. The molecular formula is C25H29FN2O4. The lowest BCUT2D eigenvalue weighted by molar-refractivity contribution is -0.136. The number of carbonyl (C=O) groups excluding carboxylic acids is 2. The van der Waals surface area contributed by atoms with Gasteiger partial charge in [0.1, 0.15) is 17.3 Å². The SMILES string of the molecule is COc1ccc(OC)c(C2CN(C(=O)c3ccc(F)cc3)CC2C(=O)N2CCCCC2)c1. The van der Waals surface area contributed by atoms with E-state index >= 15 is 0 Å². The molecule has 0 aliphatic carbocycles. The average Bonchev–Trinajstić information content (AvgIpc) is 3.29. The lowest BCUT2D eigenvalue weighted by Gasteiger charge is -2.31. The van der Waals surface area contributed by atoms with Gasteiger partial charge >= 0.3 is 0 Å². The van der Waals surface area contributed by atoms with Crippen LogP contribution in [0.25, 0.3) is 0 Å². The third-order valence-corrected chi connectivity index (χ3v) is 6.52. The molecule has 0 radical (unpaired) electrons. The van der Waals surface area contributed by atoms with Gasteiger partial charge in [-0.15, -0.1) is 0 Å². The van der Waals surface area contributed by atoms with E-state index in [4.69, 9.17) is 9.47 Å². The Labute approximate surface area is 187 Å². The van der Waals surface area contributed by atoms with Gasteiger partial charge in [0.2, 0.25) is 5.91 Å². The highest BCUT2D eigenvalue weighted by Crippen LogP contribution is 2.41. The van der Waals surface area contributed by atoms with Gasteiger partial charge in [-0.25, -0.2) is 4.39 Å². The predicted molar refractivity (Wildman–Crippen MR) is 119 cm³/mol. The highest BCUT2D eigenvalue weighted by Gasteiger charge is 2.43. The third kappa shape index (κ3) is 4.42. The lowest BCUT2D eigenvalue weighted by Crippen LogP contribution is -2.42. The maximum absolute atomic E-state index is 13.6. The van der Waals surface area contributed by atoms with E-state index in [1.54, 1.807) is 19.1 Å². The molecule has 2 heterocycles. The molecule has 6 nitrogen and oxygen atoms in total. The summed E-state index contributed by atoms with van der Waals surface area (Å²) in [5.74, 6) is 0.230. The standard InChI is InChI=1S/C25H29FN2O4/c1-31-19-10-11-23(32-2)20(14-19)21-15-28(24(29)17-6-8-18(26)9-7-17)16-22(21)25(30)27-12-4-3-5-13-27/h6-11,14,21-22H,3-5,12-13,15-16H2,1-2H3. The Balaban J connectivity index is 1.67. The fraction of sp³-hybridized carbons (Fsp3) is 0.440. The largest absolute Gasteiger partial charge is 0.497 e. The van der Waals surface area contributed by atoms with Crippen molar-refractivity contribution in [3.63, 3.8) is 0 Å². The molecule has 2 aromatic rings. The van der Waals surface area contributed by atoms with Crippen molar-refractivity contribution in [2.75, 3.05) is 40.4 Å². The predicted octanol–water partition coefficient (Wildman–Crippen LogP) is 3.71. The van der Waals surface area contributed by atoms with Crippen LogP contribution in [0, 0.1) is 11.7 Å². The molecule has 0 bridgehead atoms. The molecule has 2 aromatic carbocycles. The summed E-state index contributed by atoms with van der Waals surface area (Å²) >= 11 is 0. The number of carbonyl (C=O) groups is 2. The molecule has 0 N–H and O–H groups in total. The van der Waals surface area contributed by atoms with Crippen LogP contribution in [-0.4, -0.2) is 62.0 Å². The van der Waals surface area contributed by atoms with Gasteiger partial charge in [-0.3, -0.25) is 9.59 Å². The molecule has 0 spiro atoms. The van der Waals surface area contributed by atoms with E-state index in [9.17, 15) is 14.0 Å². The monoisotopic (exact) mass is 440 g/mol. The zero-order valence-electron chi connectivity index (χ0n) is 18.6. The molecular weight excluding hydrogens is 411 g/mol. The maximum atomic E-state index is 13.6. The van der Waals surface area contributed by atoms with E-state index < -0.39 is 0 Å². The Kier molecular flexibility index (Phi) is 6.63. The van der Waals surface area contributed by atoms with Crippen LogP contribution in [0.3, 0.4) is 0 Å². The van der Waals surface area contributed by atoms with Crippen molar-refractivity contribution in [1.29, 1.82) is 0 Å². The summed E-state index contributed by atoms with van der Waals surface area (Å²) in [6.07, 6.45) is 3.14. The number of hydrogen-bond acceptors (Lipinski definition) is 4. The fourth-order valence-corrected chi connectivity index (χ4v) is 4.79. The van der Waals surface area contributed by atoms with Crippen LogP contribution >= 0.6 is 0 Å². The summed E-state index contributed by atoms with van der Waals surface area (Å²) in [6, 6.07) is 11.1. The second kappa shape index (κ2) is 9.59. The van der Waals surface area contributed by atoms with E-state index in [-0.39, 0.29) is 29.5 Å². The van der Waals surface area contributed by atoms with Gasteiger partial charge in [-0.2, -0.15) is 0 Å². The summed E-state index contributed by atoms with van der Waals surface area (Å²) < 4.78 is 24.4. The number of rotatable bonds is 5. The van der Waals surface area contributed by atoms with E-state index in [0.717, 1.165) is 37.9 Å². The molecule has 2 aliphatic heterocycles. The van der Waals surface area contributed by atoms with Crippen LogP contribution in [0.15, 0.2) is 42.5 Å². The van der Waals surface area contributed by atoms with Crippen molar-refractivity contribution in [2.24, 2.45) is 5.92 Å². The minimum absolute atomic E-state index is 0.0778. The first-order valence-electron chi connectivity index (χ1n) is 11.1. The first-order valence-corrected chi connectivity index (χ1v) is 11.1. The molecule has 7 heteroatoms. The number of nitrogens with zero attached hydrogens (tertiary/aromatic N) is 2. The van der Waals surface area contributed by atoms with Crippen molar-refractivity contribution in [3.8, 4) is 11.5 Å². The van der Waals surface area contributed by atoms with E-state index in [0.29, 0.717) is 30.2 Å². The van der Waals surface area contributed by atoms with Gasteiger partial charge in [-0.05, 0) is 61.7 Å². The molecule has 4 rings (SSSR count). The molecule has 170 valence electrons. The smallest absolute Gasteiger partial charge is 0.253 e. The number of amides is 2. The van der Waals surface area contributed by atoms with Crippen LogP contribution in [0.2, 0.25) is 0 Å². The molecule has 2 amide bonds. The van der Waals surface area contributed by atoms with Crippen LogP contribution in [0.1, 0.15) is 41.1 Å². The Morgan fingerprint density at radius 2 is 1.62 bits per heavy atom. The van der Waals surface area contributed by atoms with Gasteiger partial charge in [0.15, 0.2) is 0 Å². The Morgan fingerprint density at radius 1 is 0.906 bits per heavy atom. The summed E-state index contributed by atoms with van der Waals surface area (Å²) in [5.41, 5.74) is 1.27. The quantitative estimate of drug-likeness (QED) is 0.711. The van der Waals surface area contributed by atoms with Gasteiger partial charge in [0.05, 0.1) is 20.1 Å². The second-order valence-corrected chi connectivity index (χ2v) is 8.42. The molecule has 2 fully saturated rings. The second-order valence-electron chi connectivity index (χ2n) is 8.42. The maximum Gasteiger partial charge on any atom is 0.253 e. The topological polar surface area (TPSA) is 59.1 Å². The summed E-state index contributed by atoms with van der Waals surface area (Å²) in [7, 11) is 3.20. The molecule has 2 aliphatic rings. The number of likely N-dealkylation sites (tertiary alicyclic amines) is 2. The van der Waals surface area contributed by atoms with Crippen LogP contribution in [0.4, 0.5) is 4.39 Å². The lowest BCUT2D eigenvalue weighted by atomic mass is 9.86. The minimum Gasteiger partial charge on any atom is -0.497 e. The minimum atomic E-state index is -0.389. The van der Waals surface area contributed by atoms with E-state index in [2.05, 4.69) is 0 Å². The number of hydrogen-bond donors (Lipinski definition) is 0. The van der Waals surface area contributed by atoms with Gasteiger partial charge in [0, 0.05) is 43.2 Å². The molecule has 32 heavy (non-hydrogen) atoms. The van der Waals surface area contributed by atoms with Crippen molar-refractivity contribution in [1.82, 2.24) is 9.80 Å². The molecule has 0 saturated carbocycles. The van der Waals surface area contributed by atoms with Crippen LogP contribution < -0.4 is 9.47 Å². The Morgan fingerprint density at radius 3 is 2.28 bits per heavy atom. The van der Waals surface area contributed by atoms with Crippen molar-refractivity contribution in [3.05, 3.63) is 59.4 Å². The summed E-state index contributed by atoms with van der Waals surface area (Å²) in [4.78, 5) is 30.4. The highest BCUT2D eigenvalue weighted by molar-refractivity contribution is 5.95. The fourth-order valence-electron chi connectivity index (χ4n) is 4.79. The van der Waals surface area contributed by atoms with Crippen molar-refractivity contribution in [2.45, 2.75) is 25.2 Å². The molecule has 0 aromatic heterocycles. The summed E-state index contributed by atoms with van der Waals surface area (Å²) in [5, 5.41) is 0. The van der Waals surface area contributed by atoms with E-state index in [1.807, 2.05) is 23.1 Å². The number of ether oxygens (including phenoxy) is 2. The van der Waals surface area contributed by atoms with Crippen molar-refractivity contribution >= 4 is 11.8 Å². The molecule has 2 saturated heterocycles. The normalized spacial score (nSPS) is 20.8. The van der Waals surface area contributed by atoms with Gasteiger partial charge in [-0.1, -0.05) is 0 Å². The van der Waals surface area contributed by atoms with Crippen LogP contribution in [0.5, 0.6) is 11.5 Å². The van der Waals surface area contributed by atoms with Gasteiger partial charge < -0.3 is 19.3 Å². The Hall–Kier alpha value is -3.09. The number of piperidine rings is 1. The molecule has 2 atom stereocenters.